The van der Waals surface area contributed by atoms with Gasteiger partial charge in [0, 0.05) is 7.05 Å². The first kappa shape index (κ1) is 19.9. The summed E-state index contributed by atoms with van der Waals surface area (Å²) >= 11 is 5.29. The van der Waals surface area contributed by atoms with E-state index in [2.05, 4.69) is 19.2 Å². The van der Waals surface area contributed by atoms with Crippen molar-refractivity contribution in [3.63, 3.8) is 0 Å². The van der Waals surface area contributed by atoms with Gasteiger partial charge in [-0.3, -0.25) is 0 Å². The van der Waals surface area contributed by atoms with Gasteiger partial charge in [0.05, 0.1) is 4.99 Å². The average Bonchev–Trinajstić information content (AvgIpc) is 2.47. The Labute approximate surface area is 133 Å². The first-order valence-electron chi connectivity index (χ1n) is 8.95. The van der Waals surface area contributed by atoms with Crippen LogP contribution >= 0.6 is 12.2 Å². The molecule has 120 valence electrons. The van der Waals surface area contributed by atoms with E-state index >= 15 is 0 Å². The van der Waals surface area contributed by atoms with Gasteiger partial charge in [0.15, 0.2) is 0 Å². The molecule has 0 aromatic heterocycles. The number of nitrogens with one attached hydrogen (secondary N) is 1. The fourth-order valence-corrected chi connectivity index (χ4v) is 2.91. The van der Waals surface area contributed by atoms with E-state index in [4.69, 9.17) is 12.2 Å². The van der Waals surface area contributed by atoms with Gasteiger partial charge in [0.25, 0.3) is 0 Å². The van der Waals surface area contributed by atoms with Crippen LogP contribution in [0.15, 0.2) is 0 Å². The Kier molecular flexibility index (Phi) is 15.2. The standard InChI is InChI=1S/C18H37NS/c1-4-6-8-10-12-14-17(13-11-9-7-5-2)15-16-18(20)19-3/h17H,4-16H2,1-3H3,(H,19,20). The fraction of sp³-hybridized carbons (Fsp3) is 0.944. The molecule has 0 bridgehead atoms. The van der Waals surface area contributed by atoms with Crippen LogP contribution in [-0.4, -0.2) is 12.0 Å². The van der Waals surface area contributed by atoms with E-state index in [0.717, 1.165) is 17.3 Å². The van der Waals surface area contributed by atoms with Gasteiger partial charge in [-0.25, -0.2) is 0 Å². The number of thiocarbonyl (C=S) groups is 1. The van der Waals surface area contributed by atoms with Crippen molar-refractivity contribution in [2.75, 3.05) is 7.05 Å². The minimum atomic E-state index is 0.903. The van der Waals surface area contributed by atoms with E-state index in [1.807, 2.05) is 7.05 Å². The lowest BCUT2D eigenvalue weighted by Crippen LogP contribution is -2.16. The molecule has 2 heteroatoms. The smallest absolute Gasteiger partial charge is 0.0750 e. The number of hydrogen-bond donors (Lipinski definition) is 1. The van der Waals surface area contributed by atoms with Crippen molar-refractivity contribution in [3.05, 3.63) is 0 Å². The molecule has 0 aliphatic heterocycles. The number of rotatable bonds is 14. The monoisotopic (exact) mass is 299 g/mol. The van der Waals surface area contributed by atoms with E-state index in [1.165, 1.54) is 77.0 Å². The highest BCUT2D eigenvalue weighted by Crippen LogP contribution is 2.23. The van der Waals surface area contributed by atoms with Crippen LogP contribution in [0.5, 0.6) is 0 Å². The van der Waals surface area contributed by atoms with E-state index < -0.39 is 0 Å². The Morgan fingerprint density at radius 1 is 0.800 bits per heavy atom. The Bertz CT molecular complexity index is 215. The van der Waals surface area contributed by atoms with Crippen LogP contribution in [0, 0.1) is 5.92 Å². The summed E-state index contributed by atoms with van der Waals surface area (Å²) < 4.78 is 0. The fourth-order valence-electron chi connectivity index (χ4n) is 2.79. The highest BCUT2D eigenvalue weighted by atomic mass is 32.1. The maximum atomic E-state index is 5.29. The molecule has 0 rings (SSSR count). The second-order valence-electron chi connectivity index (χ2n) is 6.13. The largest absolute Gasteiger partial charge is 0.383 e. The molecule has 0 spiro atoms. The topological polar surface area (TPSA) is 12.0 Å². The van der Waals surface area contributed by atoms with Gasteiger partial charge in [-0.05, 0) is 18.8 Å². The predicted molar refractivity (Wildman–Crippen MR) is 96.5 cm³/mol. The van der Waals surface area contributed by atoms with Gasteiger partial charge in [-0.1, -0.05) is 96.7 Å². The Morgan fingerprint density at radius 3 is 1.80 bits per heavy atom. The minimum Gasteiger partial charge on any atom is -0.383 e. The summed E-state index contributed by atoms with van der Waals surface area (Å²) in [5, 5.41) is 3.11. The number of unbranched alkanes of at least 4 members (excludes halogenated alkanes) is 7. The quantitative estimate of drug-likeness (QED) is 0.300. The predicted octanol–water partition coefficient (Wildman–Crippen LogP) is 6.26. The molecule has 1 N–H and O–H groups in total. The minimum absolute atomic E-state index is 0.903. The molecule has 0 aromatic rings. The van der Waals surface area contributed by atoms with Crippen molar-refractivity contribution >= 4 is 17.2 Å². The van der Waals surface area contributed by atoms with Crippen LogP contribution in [-0.2, 0) is 0 Å². The Morgan fingerprint density at radius 2 is 1.30 bits per heavy atom. The molecule has 1 nitrogen and oxygen atoms in total. The first-order chi connectivity index (χ1) is 9.74. The molecular weight excluding hydrogens is 262 g/mol. The van der Waals surface area contributed by atoms with Crippen molar-refractivity contribution in [2.24, 2.45) is 5.92 Å². The zero-order valence-corrected chi connectivity index (χ0v) is 15.0. The summed E-state index contributed by atoms with van der Waals surface area (Å²) in [5.74, 6) is 0.903. The molecule has 20 heavy (non-hydrogen) atoms. The van der Waals surface area contributed by atoms with Crippen LogP contribution in [0.1, 0.15) is 97.3 Å². The summed E-state index contributed by atoms with van der Waals surface area (Å²) in [6, 6.07) is 0. The van der Waals surface area contributed by atoms with Crippen molar-refractivity contribution in [3.8, 4) is 0 Å². The lowest BCUT2D eigenvalue weighted by Gasteiger charge is -2.17. The maximum Gasteiger partial charge on any atom is 0.0750 e. The SMILES string of the molecule is CCCCCCCC(CCCCCC)CCC(=S)NC. The summed E-state index contributed by atoms with van der Waals surface area (Å²) in [7, 11) is 1.95. The van der Waals surface area contributed by atoms with Crippen LogP contribution < -0.4 is 5.32 Å². The van der Waals surface area contributed by atoms with Gasteiger partial charge in [0.1, 0.15) is 0 Å². The van der Waals surface area contributed by atoms with Gasteiger partial charge < -0.3 is 5.32 Å². The molecule has 0 heterocycles. The molecule has 0 saturated carbocycles. The third-order valence-corrected chi connectivity index (χ3v) is 4.65. The van der Waals surface area contributed by atoms with Gasteiger partial charge >= 0.3 is 0 Å². The number of hydrogen-bond acceptors (Lipinski definition) is 1. The maximum absolute atomic E-state index is 5.29. The van der Waals surface area contributed by atoms with E-state index in [1.54, 1.807) is 0 Å². The molecule has 0 fully saturated rings. The summed E-state index contributed by atoms with van der Waals surface area (Å²) in [6.07, 6.45) is 17.8. The summed E-state index contributed by atoms with van der Waals surface area (Å²) in [5.41, 5.74) is 0. The summed E-state index contributed by atoms with van der Waals surface area (Å²) in [6.45, 7) is 4.58. The second kappa shape index (κ2) is 15.3. The molecule has 1 unspecified atom stereocenters. The van der Waals surface area contributed by atoms with E-state index in [9.17, 15) is 0 Å². The third kappa shape index (κ3) is 12.9. The normalized spacial score (nSPS) is 12.3. The van der Waals surface area contributed by atoms with Crippen LogP contribution in [0.2, 0.25) is 0 Å². The highest BCUT2D eigenvalue weighted by molar-refractivity contribution is 7.80. The molecular formula is C18H37NS. The van der Waals surface area contributed by atoms with Gasteiger partial charge in [-0.2, -0.15) is 0 Å². The lowest BCUT2D eigenvalue weighted by atomic mass is 9.90. The first-order valence-corrected chi connectivity index (χ1v) is 9.35. The van der Waals surface area contributed by atoms with Crippen LogP contribution in [0.25, 0.3) is 0 Å². The highest BCUT2D eigenvalue weighted by Gasteiger charge is 2.09. The zero-order chi connectivity index (χ0) is 15.1. The van der Waals surface area contributed by atoms with Gasteiger partial charge in [0.2, 0.25) is 0 Å². The molecule has 0 amide bonds. The third-order valence-electron chi connectivity index (χ3n) is 4.24. The van der Waals surface area contributed by atoms with Crippen molar-refractivity contribution in [1.82, 2.24) is 5.32 Å². The molecule has 1 atom stereocenters. The Balaban J connectivity index is 3.81. The van der Waals surface area contributed by atoms with Gasteiger partial charge in [-0.15, -0.1) is 0 Å². The summed E-state index contributed by atoms with van der Waals surface area (Å²) in [4.78, 5) is 1.04. The van der Waals surface area contributed by atoms with Crippen molar-refractivity contribution < 1.29 is 0 Å². The lowest BCUT2D eigenvalue weighted by molar-refractivity contribution is 0.387. The van der Waals surface area contributed by atoms with E-state index in [0.29, 0.717) is 0 Å². The van der Waals surface area contributed by atoms with Crippen molar-refractivity contribution in [2.45, 2.75) is 97.3 Å². The molecule has 0 aromatic carbocycles. The molecule has 0 aliphatic carbocycles. The van der Waals surface area contributed by atoms with E-state index in [-0.39, 0.29) is 0 Å². The molecule has 0 radical (unpaired) electrons. The molecule has 0 aliphatic rings. The van der Waals surface area contributed by atoms with Crippen molar-refractivity contribution in [1.29, 1.82) is 0 Å². The van der Waals surface area contributed by atoms with Crippen LogP contribution in [0.3, 0.4) is 0 Å². The average molecular weight is 300 g/mol. The Hall–Kier alpha value is -0.110. The molecule has 0 saturated heterocycles. The second-order valence-corrected chi connectivity index (χ2v) is 6.62. The zero-order valence-electron chi connectivity index (χ0n) is 14.2. The van der Waals surface area contributed by atoms with Crippen LogP contribution in [0.4, 0.5) is 0 Å².